The molecule has 1 unspecified atom stereocenters. The molecule has 5 rings (SSSR count). The molecule has 3 aromatic carbocycles. The van der Waals surface area contributed by atoms with Crippen molar-refractivity contribution in [2.75, 3.05) is 0 Å². The van der Waals surface area contributed by atoms with E-state index in [0.29, 0.717) is 18.0 Å². The zero-order valence-corrected chi connectivity index (χ0v) is 22.5. The quantitative estimate of drug-likeness (QED) is 0.238. The first kappa shape index (κ1) is 26.2. The van der Waals surface area contributed by atoms with Crippen LogP contribution in [0.1, 0.15) is 60.7 Å². The Bertz CT molecular complexity index is 1330. The average Bonchev–Trinajstić information content (AvgIpc) is 3.38. The lowest BCUT2D eigenvalue weighted by atomic mass is 9.88. The monoisotopic (exact) mass is 528 g/mol. The topological polar surface area (TPSA) is 59.8 Å². The summed E-state index contributed by atoms with van der Waals surface area (Å²) >= 11 is 1.55. The lowest BCUT2D eigenvalue weighted by molar-refractivity contribution is -0.126. The van der Waals surface area contributed by atoms with E-state index < -0.39 is 0 Å². The molecule has 5 nitrogen and oxygen atoms in total. The van der Waals surface area contributed by atoms with Gasteiger partial charge in [0.1, 0.15) is 5.82 Å². The number of rotatable bonds is 9. The van der Waals surface area contributed by atoms with Crippen LogP contribution in [0, 0.1) is 18.7 Å². The van der Waals surface area contributed by atoms with E-state index >= 15 is 0 Å². The Morgan fingerprint density at radius 1 is 0.947 bits per heavy atom. The number of nitrogens with one attached hydrogen (secondary N) is 1. The first-order chi connectivity index (χ1) is 18.6. The summed E-state index contributed by atoms with van der Waals surface area (Å²) in [6.45, 7) is 2.06. The molecule has 1 aromatic heterocycles. The van der Waals surface area contributed by atoms with Gasteiger partial charge in [0.05, 0.1) is 6.04 Å². The molecule has 0 bridgehead atoms. The van der Waals surface area contributed by atoms with Crippen LogP contribution in [0.25, 0.3) is 5.69 Å². The van der Waals surface area contributed by atoms with Crippen molar-refractivity contribution in [1.29, 1.82) is 0 Å². The maximum atomic E-state index is 13.4. The van der Waals surface area contributed by atoms with Gasteiger partial charge in [-0.05, 0) is 61.6 Å². The molecule has 7 heteroatoms. The van der Waals surface area contributed by atoms with Gasteiger partial charge in [-0.2, -0.15) is 0 Å². The number of amides is 1. The van der Waals surface area contributed by atoms with Crippen molar-refractivity contribution >= 4 is 17.7 Å². The molecule has 1 aliphatic rings. The van der Waals surface area contributed by atoms with Crippen LogP contribution in [0.2, 0.25) is 0 Å². The molecule has 196 valence electrons. The standard InChI is InChI=1S/C31H33FN4OS/c1-22-12-18-27(19-13-22)36-29(34-35-31(36)38-21-24-14-16-26(32)17-15-24)28(20-23-8-4-2-5-9-23)33-30(37)25-10-6-3-7-11-25/h2,4-5,8-9,12-19,25,28H,3,6-7,10-11,20-21H2,1H3,(H,33,37). The lowest BCUT2D eigenvalue weighted by Gasteiger charge is -2.25. The van der Waals surface area contributed by atoms with Crippen molar-refractivity contribution in [1.82, 2.24) is 20.1 Å². The zero-order valence-electron chi connectivity index (χ0n) is 21.6. The molecule has 1 aliphatic carbocycles. The number of hydrogen-bond donors (Lipinski definition) is 1. The smallest absolute Gasteiger partial charge is 0.223 e. The van der Waals surface area contributed by atoms with Crippen LogP contribution in [-0.4, -0.2) is 20.7 Å². The normalized spacial score (nSPS) is 14.8. The van der Waals surface area contributed by atoms with Gasteiger partial charge < -0.3 is 5.32 Å². The summed E-state index contributed by atoms with van der Waals surface area (Å²) in [5.41, 5.74) is 4.24. The molecule has 1 fully saturated rings. The maximum Gasteiger partial charge on any atom is 0.223 e. The Morgan fingerprint density at radius 3 is 2.37 bits per heavy atom. The number of aromatic nitrogens is 3. The van der Waals surface area contributed by atoms with Gasteiger partial charge in [-0.1, -0.05) is 91.2 Å². The molecule has 1 atom stereocenters. The molecule has 1 saturated carbocycles. The van der Waals surface area contributed by atoms with E-state index in [-0.39, 0.29) is 23.7 Å². The molecule has 0 spiro atoms. The van der Waals surface area contributed by atoms with Gasteiger partial charge in [0, 0.05) is 17.4 Å². The van der Waals surface area contributed by atoms with Gasteiger partial charge in [-0.15, -0.1) is 10.2 Å². The van der Waals surface area contributed by atoms with Crippen molar-refractivity contribution in [3.8, 4) is 5.69 Å². The fourth-order valence-electron chi connectivity index (χ4n) is 4.98. The van der Waals surface area contributed by atoms with Crippen molar-refractivity contribution in [2.24, 2.45) is 5.92 Å². The number of carbonyl (C=O) groups excluding carboxylic acids is 1. The van der Waals surface area contributed by atoms with E-state index in [1.807, 2.05) is 18.2 Å². The van der Waals surface area contributed by atoms with Crippen LogP contribution >= 0.6 is 11.8 Å². The summed E-state index contributed by atoms with van der Waals surface area (Å²) < 4.78 is 15.5. The highest BCUT2D eigenvalue weighted by Crippen LogP contribution is 2.30. The predicted octanol–water partition coefficient (Wildman–Crippen LogP) is 6.99. The predicted molar refractivity (Wildman–Crippen MR) is 150 cm³/mol. The first-order valence-corrected chi connectivity index (χ1v) is 14.3. The number of carbonyl (C=O) groups is 1. The van der Waals surface area contributed by atoms with Crippen LogP contribution in [0.4, 0.5) is 4.39 Å². The zero-order chi connectivity index (χ0) is 26.3. The second kappa shape index (κ2) is 12.4. The fraction of sp³-hybridized carbons (Fsp3) is 0.323. The summed E-state index contributed by atoms with van der Waals surface area (Å²) in [5, 5.41) is 13.3. The molecule has 1 N–H and O–H groups in total. The number of aryl methyl sites for hydroxylation is 1. The summed E-state index contributed by atoms with van der Waals surface area (Å²) in [6.07, 6.45) is 5.90. The van der Waals surface area contributed by atoms with Crippen LogP contribution in [0.3, 0.4) is 0 Å². The molecule has 0 aliphatic heterocycles. The highest BCUT2D eigenvalue weighted by Gasteiger charge is 2.28. The number of halogens is 1. The van der Waals surface area contributed by atoms with Crippen molar-refractivity contribution < 1.29 is 9.18 Å². The van der Waals surface area contributed by atoms with Gasteiger partial charge in [0.2, 0.25) is 5.91 Å². The van der Waals surface area contributed by atoms with Crippen molar-refractivity contribution in [3.05, 3.63) is 107 Å². The molecule has 0 saturated heterocycles. The Labute approximate surface area is 227 Å². The summed E-state index contributed by atoms with van der Waals surface area (Å²) in [4.78, 5) is 13.4. The van der Waals surface area contributed by atoms with Crippen molar-refractivity contribution in [3.63, 3.8) is 0 Å². The SMILES string of the molecule is Cc1ccc(-n2c(SCc3ccc(F)cc3)nnc2C(Cc2ccccc2)NC(=O)C2CCCCC2)cc1. The number of nitrogens with zero attached hydrogens (tertiary/aromatic N) is 3. The molecular formula is C31H33FN4OS. The van der Waals surface area contributed by atoms with E-state index in [0.717, 1.165) is 53.2 Å². The average molecular weight is 529 g/mol. The lowest BCUT2D eigenvalue weighted by Crippen LogP contribution is -2.37. The van der Waals surface area contributed by atoms with Gasteiger partial charge in [-0.3, -0.25) is 9.36 Å². The van der Waals surface area contributed by atoms with E-state index in [1.165, 1.54) is 18.6 Å². The fourth-order valence-corrected chi connectivity index (χ4v) is 5.89. The van der Waals surface area contributed by atoms with E-state index in [1.54, 1.807) is 23.9 Å². The van der Waals surface area contributed by atoms with Crippen LogP contribution < -0.4 is 5.32 Å². The minimum atomic E-state index is -0.333. The van der Waals surface area contributed by atoms with Crippen molar-refractivity contribution in [2.45, 2.75) is 62.4 Å². The number of benzene rings is 3. The molecular weight excluding hydrogens is 495 g/mol. The van der Waals surface area contributed by atoms with Crippen LogP contribution in [0.15, 0.2) is 84.0 Å². The highest BCUT2D eigenvalue weighted by molar-refractivity contribution is 7.98. The number of thioether (sulfide) groups is 1. The molecule has 38 heavy (non-hydrogen) atoms. The minimum Gasteiger partial charge on any atom is -0.345 e. The Morgan fingerprint density at radius 2 is 1.66 bits per heavy atom. The Kier molecular flexibility index (Phi) is 8.54. The molecule has 4 aromatic rings. The van der Waals surface area contributed by atoms with E-state index in [4.69, 9.17) is 0 Å². The third-order valence-corrected chi connectivity index (χ3v) is 8.12. The molecule has 1 heterocycles. The maximum absolute atomic E-state index is 13.4. The third kappa shape index (κ3) is 6.51. The largest absolute Gasteiger partial charge is 0.345 e. The van der Waals surface area contributed by atoms with Crippen LogP contribution in [0.5, 0.6) is 0 Å². The second-order valence-corrected chi connectivity index (χ2v) is 11.0. The van der Waals surface area contributed by atoms with Gasteiger partial charge in [0.25, 0.3) is 0 Å². The Hall–Kier alpha value is -3.45. The van der Waals surface area contributed by atoms with Gasteiger partial charge in [0.15, 0.2) is 11.0 Å². The molecule has 1 amide bonds. The third-order valence-electron chi connectivity index (χ3n) is 7.12. The van der Waals surface area contributed by atoms with Crippen LogP contribution in [-0.2, 0) is 17.0 Å². The minimum absolute atomic E-state index is 0.0464. The van der Waals surface area contributed by atoms with Gasteiger partial charge >= 0.3 is 0 Å². The summed E-state index contributed by atoms with van der Waals surface area (Å²) in [5.74, 6) is 1.24. The molecule has 0 radical (unpaired) electrons. The van der Waals surface area contributed by atoms with E-state index in [2.05, 4.69) is 63.4 Å². The first-order valence-electron chi connectivity index (χ1n) is 13.3. The Balaban J connectivity index is 1.49. The van der Waals surface area contributed by atoms with E-state index in [9.17, 15) is 9.18 Å². The number of hydrogen-bond acceptors (Lipinski definition) is 4. The summed E-state index contributed by atoms with van der Waals surface area (Å²) in [6, 6.07) is 24.7. The highest BCUT2D eigenvalue weighted by atomic mass is 32.2. The van der Waals surface area contributed by atoms with Gasteiger partial charge in [-0.25, -0.2) is 4.39 Å². The second-order valence-electron chi connectivity index (χ2n) is 10.0. The summed E-state index contributed by atoms with van der Waals surface area (Å²) in [7, 11) is 0.